The smallest absolute Gasteiger partial charge is 0.255 e. The highest BCUT2D eigenvalue weighted by atomic mass is 16.6. The first-order valence-corrected chi connectivity index (χ1v) is 14.7. The monoisotopic (exact) mass is 592 g/mol. The van der Waals surface area contributed by atoms with Crippen LogP contribution in [0, 0.1) is 5.92 Å². The van der Waals surface area contributed by atoms with Crippen LogP contribution in [0.15, 0.2) is 83.7 Å². The topological polar surface area (TPSA) is 111 Å². The van der Waals surface area contributed by atoms with Gasteiger partial charge in [-0.05, 0) is 73.0 Å². The van der Waals surface area contributed by atoms with Gasteiger partial charge in [0.05, 0.1) is 18.5 Å². The van der Waals surface area contributed by atoms with Crippen molar-refractivity contribution in [1.82, 2.24) is 4.57 Å². The summed E-state index contributed by atoms with van der Waals surface area (Å²) in [6.07, 6.45) is 1.00. The first-order chi connectivity index (χ1) is 21.4. The zero-order valence-electron chi connectivity index (χ0n) is 24.2. The first-order valence-electron chi connectivity index (χ1n) is 14.7. The van der Waals surface area contributed by atoms with Gasteiger partial charge in [-0.2, -0.15) is 0 Å². The Morgan fingerprint density at radius 1 is 0.818 bits per heavy atom. The average Bonchev–Trinajstić information content (AvgIpc) is 3.05. The Balaban J connectivity index is 1.19. The number of pyridine rings is 1. The molecule has 7 rings (SSSR count). The number of benzene rings is 3. The van der Waals surface area contributed by atoms with Gasteiger partial charge in [0, 0.05) is 60.2 Å². The number of rotatable bonds is 6. The van der Waals surface area contributed by atoms with Crippen LogP contribution in [-0.4, -0.2) is 49.8 Å². The van der Waals surface area contributed by atoms with Crippen molar-refractivity contribution < 1.29 is 23.8 Å². The van der Waals surface area contributed by atoms with E-state index in [2.05, 4.69) is 15.5 Å². The van der Waals surface area contributed by atoms with Crippen molar-refractivity contribution in [2.24, 2.45) is 5.92 Å². The first kappa shape index (κ1) is 27.6. The van der Waals surface area contributed by atoms with Crippen LogP contribution in [0.3, 0.4) is 0 Å². The van der Waals surface area contributed by atoms with E-state index in [0.717, 1.165) is 24.3 Å². The van der Waals surface area contributed by atoms with Crippen molar-refractivity contribution in [3.8, 4) is 17.2 Å². The highest BCUT2D eigenvalue weighted by molar-refractivity contribution is 6.09. The summed E-state index contributed by atoms with van der Waals surface area (Å²) in [5.74, 6) is 1.71. The normalized spacial score (nSPS) is 18.2. The average molecular weight is 593 g/mol. The zero-order chi connectivity index (χ0) is 30.2. The Hall–Kier alpha value is -5.25. The minimum Gasteiger partial charge on any atom is -0.497 e. The van der Waals surface area contributed by atoms with Crippen LogP contribution in [0.5, 0.6) is 17.2 Å². The molecule has 2 atom stereocenters. The maximum atomic E-state index is 13.4. The fraction of sp³-hybridized carbons (Fsp3) is 0.265. The van der Waals surface area contributed by atoms with Crippen molar-refractivity contribution in [3.05, 3.63) is 106 Å². The Morgan fingerprint density at radius 3 is 2.41 bits per heavy atom. The molecule has 0 spiro atoms. The van der Waals surface area contributed by atoms with Crippen molar-refractivity contribution in [2.45, 2.75) is 18.9 Å². The molecule has 0 aliphatic carbocycles. The molecule has 2 amide bonds. The van der Waals surface area contributed by atoms with Crippen molar-refractivity contribution in [3.63, 3.8) is 0 Å². The Labute approximate surface area is 254 Å². The summed E-state index contributed by atoms with van der Waals surface area (Å²) < 4.78 is 18.4. The number of carbonyl (C=O) groups is 2. The number of nitrogens with one attached hydrogen (secondary N) is 2. The number of carbonyl (C=O) groups excluding carboxylic acids is 2. The lowest BCUT2D eigenvalue weighted by atomic mass is 9.83. The standard InChI is InChI=1S/C34H32N4O6/c1-42-26-9-5-22(6-10-26)33(40)36-27-16-23(34(41)35-25-8-12-30-31(17-25)44-14-13-43-30)7-11-29(27)37-18-21-15-24(20-37)28-3-2-4-32(39)38(28)19-21/h2-12,16-17,21,24H,13-15,18-20H2,1H3,(H,35,41)(H,36,40)/t21-,24+/m1/s1. The van der Waals surface area contributed by atoms with E-state index < -0.39 is 0 Å². The number of piperidine rings is 1. The number of ether oxygens (including phenoxy) is 3. The predicted molar refractivity (Wildman–Crippen MR) is 167 cm³/mol. The summed E-state index contributed by atoms with van der Waals surface area (Å²) >= 11 is 0. The molecule has 224 valence electrons. The van der Waals surface area contributed by atoms with Gasteiger partial charge in [-0.1, -0.05) is 6.07 Å². The summed E-state index contributed by atoms with van der Waals surface area (Å²) in [5, 5.41) is 6.00. The molecular weight excluding hydrogens is 560 g/mol. The quantitative estimate of drug-likeness (QED) is 0.332. The van der Waals surface area contributed by atoms with Gasteiger partial charge < -0.3 is 34.3 Å². The van der Waals surface area contributed by atoms with Gasteiger partial charge in [0.15, 0.2) is 11.5 Å². The van der Waals surface area contributed by atoms with Gasteiger partial charge >= 0.3 is 0 Å². The largest absolute Gasteiger partial charge is 0.497 e. The molecule has 1 aromatic heterocycles. The van der Waals surface area contributed by atoms with E-state index >= 15 is 0 Å². The molecule has 2 bridgehead atoms. The molecular formula is C34H32N4O6. The molecule has 3 aliphatic rings. The highest BCUT2D eigenvalue weighted by Gasteiger charge is 2.35. The second kappa shape index (κ2) is 11.4. The summed E-state index contributed by atoms with van der Waals surface area (Å²) in [7, 11) is 1.58. The fourth-order valence-corrected chi connectivity index (χ4v) is 6.41. The van der Waals surface area contributed by atoms with Gasteiger partial charge in [-0.3, -0.25) is 14.4 Å². The molecule has 0 saturated carbocycles. The van der Waals surface area contributed by atoms with Crippen LogP contribution in [0.25, 0.3) is 0 Å². The van der Waals surface area contributed by atoms with Crippen molar-refractivity contribution >= 4 is 28.9 Å². The van der Waals surface area contributed by atoms with Gasteiger partial charge in [0.1, 0.15) is 19.0 Å². The van der Waals surface area contributed by atoms with Gasteiger partial charge in [0.2, 0.25) is 0 Å². The lowest BCUT2D eigenvalue weighted by Crippen LogP contribution is -2.47. The number of anilines is 3. The second-order valence-corrected chi connectivity index (χ2v) is 11.3. The van der Waals surface area contributed by atoms with Crippen molar-refractivity contribution in [1.29, 1.82) is 0 Å². The van der Waals surface area contributed by atoms with E-state index in [9.17, 15) is 14.4 Å². The van der Waals surface area contributed by atoms with E-state index in [4.69, 9.17) is 14.2 Å². The molecule has 2 N–H and O–H groups in total. The third-order valence-corrected chi connectivity index (χ3v) is 8.48. The minimum atomic E-state index is -0.322. The maximum Gasteiger partial charge on any atom is 0.255 e. The van der Waals surface area contributed by atoms with E-state index in [1.165, 1.54) is 0 Å². The van der Waals surface area contributed by atoms with Crippen LogP contribution in [0.4, 0.5) is 17.1 Å². The van der Waals surface area contributed by atoms with Crippen molar-refractivity contribution in [2.75, 3.05) is 48.9 Å². The van der Waals surface area contributed by atoms with E-state index in [0.29, 0.717) is 66.1 Å². The zero-order valence-corrected chi connectivity index (χ0v) is 24.2. The lowest BCUT2D eigenvalue weighted by Gasteiger charge is -2.44. The molecule has 1 saturated heterocycles. The molecule has 44 heavy (non-hydrogen) atoms. The van der Waals surface area contributed by atoms with Gasteiger partial charge in [0.25, 0.3) is 17.4 Å². The van der Waals surface area contributed by atoms with Gasteiger partial charge in [-0.25, -0.2) is 0 Å². The molecule has 0 radical (unpaired) electrons. The molecule has 0 unspecified atom stereocenters. The molecule has 3 aromatic carbocycles. The number of hydrogen-bond donors (Lipinski definition) is 2. The van der Waals surface area contributed by atoms with Crippen LogP contribution in [0.2, 0.25) is 0 Å². The summed E-state index contributed by atoms with van der Waals surface area (Å²) in [6.45, 7) is 3.01. The molecule has 4 heterocycles. The van der Waals surface area contributed by atoms with Crippen LogP contribution in [0.1, 0.15) is 38.7 Å². The molecule has 1 fully saturated rings. The Kier molecular flexibility index (Phi) is 7.17. The van der Waals surface area contributed by atoms with Crippen LogP contribution < -0.4 is 35.3 Å². The highest BCUT2D eigenvalue weighted by Crippen LogP contribution is 2.40. The molecule has 4 aromatic rings. The van der Waals surface area contributed by atoms with Crippen LogP contribution >= 0.6 is 0 Å². The summed E-state index contributed by atoms with van der Waals surface area (Å²) in [4.78, 5) is 41.6. The maximum absolute atomic E-state index is 13.4. The third-order valence-electron chi connectivity index (χ3n) is 8.48. The lowest BCUT2D eigenvalue weighted by molar-refractivity contribution is 0.101. The summed E-state index contributed by atoms with van der Waals surface area (Å²) in [6, 6.07) is 23.0. The SMILES string of the molecule is COc1ccc(C(=O)Nc2cc(C(=O)Nc3ccc4c(c3)OCCO4)ccc2N2C[C@H]3C[C@@H](C2)c2cccc(=O)n2C3)cc1. The van der Waals surface area contributed by atoms with E-state index in [-0.39, 0.29) is 29.2 Å². The third kappa shape index (κ3) is 5.34. The number of hydrogen-bond acceptors (Lipinski definition) is 7. The van der Waals surface area contributed by atoms with E-state index in [1.54, 1.807) is 67.8 Å². The van der Waals surface area contributed by atoms with Crippen LogP contribution in [-0.2, 0) is 6.54 Å². The predicted octanol–water partition coefficient (Wildman–Crippen LogP) is 4.76. The number of fused-ring (bicyclic) bond motifs is 5. The number of aromatic nitrogens is 1. The van der Waals surface area contributed by atoms with E-state index in [1.807, 2.05) is 22.8 Å². The second-order valence-electron chi connectivity index (χ2n) is 11.3. The Bertz CT molecular complexity index is 1800. The summed E-state index contributed by atoms with van der Waals surface area (Å²) in [5.41, 5.74) is 3.86. The number of nitrogens with zero attached hydrogens (tertiary/aromatic N) is 2. The fourth-order valence-electron chi connectivity index (χ4n) is 6.41. The number of methoxy groups -OCH3 is 1. The molecule has 10 heteroatoms. The molecule has 3 aliphatic heterocycles. The Morgan fingerprint density at radius 2 is 1.59 bits per heavy atom. The number of amides is 2. The molecule has 10 nitrogen and oxygen atoms in total. The van der Waals surface area contributed by atoms with Gasteiger partial charge in [-0.15, -0.1) is 0 Å². The minimum absolute atomic E-state index is 0.0338.